The van der Waals surface area contributed by atoms with Gasteiger partial charge in [-0.1, -0.05) is 19.8 Å². The molecule has 0 saturated heterocycles. The number of anilines is 2. The van der Waals surface area contributed by atoms with Crippen LogP contribution in [0.25, 0.3) is 0 Å². The second-order valence-electron chi connectivity index (χ2n) is 4.02. The number of hydrogen-bond donors (Lipinski definition) is 3. The SMILES string of the molecule is CCCCC(C)Nc1cc(NN)nc(C)n1. The summed E-state index contributed by atoms with van der Waals surface area (Å²) in [7, 11) is 0. The Morgan fingerprint density at radius 2 is 2.06 bits per heavy atom. The topological polar surface area (TPSA) is 75.9 Å². The number of nitrogens with one attached hydrogen (secondary N) is 2. The van der Waals surface area contributed by atoms with Crippen molar-refractivity contribution in [1.29, 1.82) is 0 Å². The molecular formula is C11H21N5. The normalized spacial score (nSPS) is 12.2. The Labute approximate surface area is 96.8 Å². The van der Waals surface area contributed by atoms with Gasteiger partial charge in [-0.15, -0.1) is 0 Å². The van der Waals surface area contributed by atoms with E-state index >= 15 is 0 Å². The fraction of sp³-hybridized carbons (Fsp3) is 0.636. The van der Waals surface area contributed by atoms with Gasteiger partial charge in [0.2, 0.25) is 0 Å². The third-order valence-corrected chi connectivity index (χ3v) is 2.37. The lowest BCUT2D eigenvalue weighted by Gasteiger charge is -2.14. The summed E-state index contributed by atoms with van der Waals surface area (Å²) >= 11 is 0. The van der Waals surface area contributed by atoms with Crippen LogP contribution in [0.5, 0.6) is 0 Å². The lowest BCUT2D eigenvalue weighted by molar-refractivity contribution is 0.643. The van der Waals surface area contributed by atoms with Gasteiger partial charge in [-0.3, -0.25) is 0 Å². The first-order valence-electron chi connectivity index (χ1n) is 5.74. The number of aromatic nitrogens is 2. The summed E-state index contributed by atoms with van der Waals surface area (Å²) in [5, 5.41) is 3.35. The van der Waals surface area contributed by atoms with Gasteiger partial charge in [-0.05, 0) is 20.3 Å². The number of rotatable bonds is 6. The minimum Gasteiger partial charge on any atom is -0.367 e. The molecule has 1 rings (SSSR count). The van der Waals surface area contributed by atoms with Crippen molar-refractivity contribution in [2.75, 3.05) is 10.7 Å². The molecule has 0 aliphatic heterocycles. The van der Waals surface area contributed by atoms with Gasteiger partial charge in [0.15, 0.2) is 0 Å². The monoisotopic (exact) mass is 223 g/mol. The molecule has 4 N–H and O–H groups in total. The molecular weight excluding hydrogens is 202 g/mol. The predicted molar refractivity (Wildman–Crippen MR) is 67.2 cm³/mol. The van der Waals surface area contributed by atoms with Gasteiger partial charge in [-0.25, -0.2) is 15.8 Å². The Hall–Kier alpha value is -1.36. The van der Waals surface area contributed by atoms with E-state index in [0.29, 0.717) is 17.7 Å². The zero-order chi connectivity index (χ0) is 12.0. The van der Waals surface area contributed by atoms with Gasteiger partial charge in [0.25, 0.3) is 0 Å². The van der Waals surface area contributed by atoms with E-state index in [2.05, 4.69) is 34.6 Å². The molecule has 5 heteroatoms. The van der Waals surface area contributed by atoms with E-state index in [9.17, 15) is 0 Å². The van der Waals surface area contributed by atoms with Gasteiger partial charge < -0.3 is 10.7 Å². The molecule has 1 aromatic heterocycles. The predicted octanol–water partition coefficient (Wildman–Crippen LogP) is 2.06. The third-order valence-electron chi connectivity index (χ3n) is 2.37. The summed E-state index contributed by atoms with van der Waals surface area (Å²) in [5.74, 6) is 7.50. The van der Waals surface area contributed by atoms with Crippen LogP contribution in [-0.2, 0) is 0 Å². The van der Waals surface area contributed by atoms with Gasteiger partial charge in [0, 0.05) is 12.1 Å². The van der Waals surface area contributed by atoms with E-state index in [1.165, 1.54) is 12.8 Å². The highest BCUT2D eigenvalue weighted by Gasteiger charge is 2.04. The van der Waals surface area contributed by atoms with Crippen LogP contribution >= 0.6 is 0 Å². The smallest absolute Gasteiger partial charge is 0.145 e. The maximum atomic E-state index is 5.33. The molecule has 16 heavy (non-hydrogen) atoms. The van der Waals surface area contributed by atoms with Crippen molar-refractivity contribution in [1.82, 2.24) is 9.97 Å². The number of aryl methyl sites for hydroxylation is 1. The molecule has 0 spiro atoms. The van der Waals surface area contributed by atoms with Crippen LogP contribution in [0.4, 0.5) is 11.6 Å². The molecule has 0 radical (unpaired) electrons. The number of nitrogens with zero attached hydrogens (tertiary/aromatic N) is 2. The zero-order valence-electron chi connectivity index (χ0n) is 10.2. The summed E-state index contributed by atoms with van der Waals surface area (Å²) in [4.78, 5) is 8.45. The number of hydrogen-bond acceptors (Lipinski definition) is 5. The Morgan fingerprint density at radius 1 is 1.38 bits per heavy atom. The summed E-state index contributed by atoms with van der Waals surface area (Å²) < 4.78 is 0. The molecule has 0 bridgehead atoms. The second kappa shape index (κ2) is 6.27. The maximum absolute atomic E-state index is 5.33. The van der Waals surface area contributed by atoms with Crippen LogP contribution in [0, 0.1) is 6.92 Å². The average molecular weight is 223 g/mol. The first-order chi connectivity index (χ1) is 7.65. The standard InChI is InChI=1S/C11H21N5/c1-4-5-6-8(2)13-10-7-11(16-12)15-9(3)14-10/h7-8H,4-6,12H2,1-3H3,(H2,13,14,15,16). The average Bonchev–Trinajstić information content (AvgIpc) is 2.25. The zero-order valence-corrected chi connectivity index (χ0v) is 10.2. The quantitative estimate of drug-likeness (QED) is 0.508. The van der Waals surface area contributed by atoms with Crippen molar-refractivity contribution in [2.45, 2.75) is 46.1 Å². The summed E-state index contributed by atoms with van der Waals surface area (Å²) in [5.41, 5.74) is 2.53. The fourth-order valence-electron chi connectivity index (χ4n) is 1.55. The van der Waals surface area contributed by atoms with Gasteiger partial charge in [0.05, 0.1) is 0 Å². The molecule has 0 saturated carbocycles. The van der Waals surface area contributed by atoms with Crippen LogP contribution in [-0.4, -0.2) is 16.0 Å². The van der Waals surface area contributed by atoms with Crippen molar-refractivity contribution >= 4 is 11.6 Å². The number of unbranched alkanes of at least 4 members (excludes halogenated alkanes) is 1. The molecule has 1 heterocycles. The lowest BCUT2D eigenvalue weighted by atomic mass is 10.1. The summed E-state index contributed by atoms with van der Waals surface area (Å²) in [6.45, 7) is 6.20. The van der Waals surface area contributed by atoms with Crippen LogP contribution in [0.2, 0.25) is 0 Å². The van der Waals surface area contributed by atoms with Crippen LogP contribution in [0.15, 0.2) is 6.07 Å². The summed E-state index contributed by atoms with van der Waals surface area (Å²) in [6.07, 6.45) is 3.58. The third kappa shape index (κ3) is 4.02. The number of nitrogens with two attached hydrogens (primary N) is 1. The second-order valence-corrected chi connectivity index (χ2v) is 4.02. The van der Waals surface area contributed by atoms with Crippen molar-refractivity contribution in [3.63, 3.8) is 0 Å². The van der Waals surface area contributed by atoms with Crippen molar-refractivity contribution < 1.29 is 0 Å². The Balaban J connectivity index is 2.61. The minimum absolute atomic E-state index is 0.417. The molecule has 1 aromatic rings. The molecule has 1 atom stereocenters. The molecule has 0 fully saturated rings. The van der Waals surface area contributed by atoms with Crippen LogP contribution < -0.4 is 16.6 Å². The van der Waals surface area contributed by atoms with E-state index in [-0.39, 0.29) is 0 Å². The maximum Gasteiger partial charge on any atom is 0.145 e. The van der Waals surface area contributed by atoms with Crippen molar-refractivity contribution in [2.24, 2.45) is 5.84 Å². The first-order valence-corrected chi connectivity index (χ1v) is 5.74. The van der Waals surface area contributed by atoms with Crippen molar-refractivity contribution in [3.8, 4) is 0 Å². The van der Waals surface area contributed by atoms with Gasteiger partial charge in [0.1, 0.15) is 17.5 Å². The molecule has 0 aliphatic carbocycles. The van der Waals surface area contributed by atoms with Gasteiger partial charge in [-0.2, -0.15) is 0 Å². The van der Waals surface area contributed by atoms with Crippen LogP contribution in [0.1, 0.15) is 38.9 Å². The first kappa shape index (κ1) is 12.7. The molecule has 0 amide bonds. The largest absolute Gasteiger partial charge is 0.367 e. The highest BCUT2D eigenvalue weighted by atomic mass is 15.3. The Bertz CT molecular complexity index is 326. The molecule has 1 unspecified atom stereocenters. The van der Waals surface area contributed by atoms with E-state index in [1.54, 1.807) is 0 Å². The van der Waals surface area contributed by atoms with Crippen molar-refractivity contribution in [3.05, 3.63) is 11.9 Å². The van der Waals surface area contributed by atoms with E-state index < -0.39 is 0 Å². The summed E-state index contributed by atoms with van der Waals surface area (Å²) in [6, 6.07) is 2.23. The van der Waals surface area contributed by atoms with E-state index in [1.807, 2.05) is 13.0 Å². The highest BCUT2D eigenvalue weighted by Crippen LogP contribution is 2.12. The van der Waals surface area contributed by atoms with E-state index in [0.717, 1.165) is 12.2 Å². The number of hydrazine groups is 1. The van der Waals surface area contributed by atoms with Crippen LogP contribution in [0.3, 0.4) is 0 Å². The van der Waals surface area contributed by atoms with Gasteiger partial charge >= 0.3 is 0 Å². The molecule has 90 valence electrons. The molecule has 0 aromatic carbocycles. The minimum atomic E-state index is 0.417. The fourth-order valence-corrected chi connectivity index (χ4v) is 1.55. The van der Waals surface area contributed by atoms with E-state index in [4.69, 9.17) is 5.84 Å². The number of nitrogen functional groups attached to an aromatic ring is 1. The Morgan fingerprint density at radius 3 is 2.69 bits per heavy atom. The molecule has 5 nitrogen and oxygen atoms in total. The molecule has 0 aliphatic rings. The Kier molecular flexibility index (Phi) is 4.98. The lowest BCUT2D eigenvalue weighted by Crippen LogP contribution is -2.17. The highest BCUT2D eigenvalue weighted by molar-refractivity contribution is 5.47.